The van der Waals surface area contributed by atoms with Crippen molar-refractivity contribution in [3.63, 3.8) is 0 Å². The molecule has 0 saturated carbocycles. The van der Waals surface area contributed by atoms with Gasteiger partial charge in [0.05, 0.1) is 6.61 Å². The van der Waals surface area contributed by atoms with E-state index >= 15 is 0 Å². The van der Waals surface area contributed by atoms with E-state index in [0.29, 0.717) is 32.8 Å². The van der Waals surface area contributed by atoms with E-state index in [1.807, 2.05) is 83.8 Å². The molecule has 1 fully saturated rings. The van der Waals surface area contributed by atoms with Crippen molar-refractivity contribution >= 4 is 23.2 Å². The molecule has 3 aromatic rings. The van der Waals surface area contributed by atoms with Gasteiger partial charge in [0, 0.05) is 38.1 Å². The van der Waals surface area contributed by atoms with Gasteiger partial charge in [0.1, 0.15) is 18.0 Å². The fourth-order valence-corrected chi connectivity index (χ4v) is 4.11. The predicted octanol–water partition coefficient (Wildman–Crippen LogP) is 3.39. The van der Waals surface area contributed by atoms with E-state index in [9.17, 15) is 9.59 Å². The van der Waals surface area contributed by atoms with Gasteiger partial charge in [0.2, 0.25) is 0 Å². The molecule has 0 spiro atoms. The smallest absolute Gasteiger partial charge is 0.254 e. The number of carbonyl (C=O) groups excluding carboxylic acids is 2. The number of aromatic nitrogens is 1. The molecule has 0 aliphatic carbocycles. The average Bonchev–Trinajstić information content (AvgIpc) is 2.88. The standard InChI is InChI=1S/C27H30N4O3/c1-21(32)24-18-30(16-17-31(24)26-14-8-9-15-28-26)19-25(34-20-22-10-4-2-5-11-22)27(33)29-23-12-6-3-7-13-23/h2-15,24-25H,16-20H2,1H3,(H,29,33). The van der Waals surface area contributed by atoms with Crippen LogP contribution in [0.4, 0.5) is 11.5 Å². The molecular weight excluding hydrogens is 428 g/mol. The highest BCUT2D eigenvalue weighted by Crippen LogP contribution is 2.20. The summed E-state index contributed by atoms with van der Waals surface area (Å²) in [6.07, 6.45) is 1.05. The number of hydrogen-bond donors (Lipinski definition) is 1. The molecule has 1 aromatic heterocycles. The Labute approximate surface area is 200 Å². The summed E-state index contributed by atoms with van der Waals surface area (Å²) in [6.45, 7) is 4.19. The van der Waals surface area contributed by atoms with E-state index in [2.05, 4.69) is 15.2 Å². The van der Waals surface area contributed by atoms with Crippen molar-refractivity contribution in [2.24, 2.45) is 0 Å². The molecule has 176 valence electrons. The molecule has 7 nitrogen and oxygen atoms in total. The summed E-state index contributed by atoms with van der Waals surface area (Å²) in [4.78, 5) is 34.3. The van der Waals surface area contributed by atoms with Crippen molar-refractivity contribution in [3.05, 3.63) is 90.6 Å². The lowest BCUT2D eigenvalue weighted by atomic mass is 10.1. The molecule has 7 heteroatoms. The maximum Gasteiger partial charge on any atom is 0.254 e. The lowest BCUT2D eigenvalue weighted by Crippen LogP contribution is -2.58. The third-order valence-corrected chi connectivity index (χ3v) is 5.93. The lowest BCUT2D eigenvalue weighted by Gasteiger charge is -2.41. The van der Waals surface area contributed by atoms with E-state index in [1.54, 1.807) is 13.1 Å². The molecular formula is C27H30N4O3. The lowest BCUT2D eigenvalue weighted by molar-refractivity contribution is -0.130. The summed E-state index contributed by atoms with van der Waals surface area (Å²) < 4.78 is 6.11. The summed E-state index contributed by atoms with van der Waals surface area (Å²) in [5, 5.41) is 2.96. The van der Waals surface area contributed by atoms with Gasteiger partial charge in [-0.05, 0) is 36.8 Å². The monoisotopic (exact) mass is 458 g/mol. The fraction of sp³-hybridized carbons (Fsp3) is 0.296. The molecule has 1 amide bonds. The highest BCUT2D eigenvalue weighted by molar-refractivity contribution is 5.94. The second kappa shape index (κ2) is 11.5. The number of Topliss-reactive ketones (excluding diaryl/α,β-unsaturated/α-hetero) is 1. The van der Waals surface area contributed by atoms with Crippen molar-refractivity contribution in [2.75, 3.05) is 36.4 Å². The first-order valence-electron chi connectivity index (χ1n) is 11.5. The van der Waals surface area contributed by atoms with Crippen molar-refractivity contribution in [1.29, 1.82) is 0 Å². The number of nitrogens with one attached hydrogen (secondary N) is 1. The first-order valence-corrected chi connectivity index (χ1v) is 11.5. The van der Waals surface area contributed by atoms with Crippen molar-refractivity contribution in [1.82, 2.24) is 9.88 Å². The third kappa shape index (κ3) is 6.27. The van der Waals surface area contributed by atoms with Crippen LogP contribution in [0.2, 0.25) is 0 Å². The van der Waals surface area contributed by atoms with Crippen LogP contribution in [0, 0.1) is 0 Å². The number of rotatable bonds is 9. The van der Waals surface area contributed by atoms with Gasteiger partial charge in [-0.1, -0.05) is 54.6 Å². The Morgan fingerprint density at radius 3 is 2.38 bits per heavy atom. The van der Waals surface area contributed by atoms with E-state index < -0.39 is 6.10 Å². The Balaban J connectivity index is 1.46. The summed E-state index contributed by atoms with van der Waals surface area (Å²) in [6, 6.07) is 24.6. The molecule has 2 atom stereocenters. The first-order chi connectivity index (χ1) is 16.6. The topological polar surface area (TPSA) is 74.8 Å². The van der Waals surface area contributed by atoms with E-state index in [0.717, 1.165) is 17.1 Å². The highest BCUT2D eigenvalue weighted by Gasteiger charge is 2.33. The minimum Gasteiger partial charge on any atom is -0.362 e. The summed E-state index contributed by atoms with van der Waals surface area (Å²) in [5.41, 5.74) is 1.73. The second-order valence-corrected chi connectivity index (χ2v) is 8.41. The molecule has 1 aliphatic heterocycles. The van der Waals surface area contributed by atoms with Gasteiger partial charge in [-0.2, -0.15) is 0 Å². The first kappa shape index (κ1) is 23.6. The number of carbonyl (C=O) groups is 2. The Bertz CT molecular complexity index is 1060. The summed E-state index contributed by atoms with van der Waals surface area (Å²) >= 11 is 0. The van der Waals surface area contributed by atoms with Crippen LogP contribution in [-0.4, -0.2) is 59.9 Å². The molecule has 1 saturated heterocycles. The molecule has 1 N–H and O–H groups in total. The van der Waals surface area contributed by atoms with E-state index in [1.165, 1.54) is 0 Å². The van der Waals surface area contributed by atoms with Crippen molar-refractivity contribution in [2.45, 2.75) is 25.7 Å². The fourth-order valence-electron chi connectivity index (χ4n) is 4.11. The molecule has 2 heterocycles. The number of hydrogen-bond acceptors (Lipinski definition) is 6. The molecule has 0 bridgehead atoms. The molecule has 1 aliphatic rings. The van der Waals surface area contributed by atoms with E-state index in [-0.39, 0.29) is 17.7 Å². The van der Waals surface area contributed by atoms with Gasteiger partial charge in [0.25, 0.3) is 5.91 Å². The number of amides is 1. The Kier molecular flexibility index (Phi) is 8.01. The minimum absolute atomic E-state index is 0.0749. The van der Waals surface area contributed by atoms with Gasteiger partial charge in [0.15, 0.2) is 5.78 Å². The van der Waals surface area contributed by atoms with Gasteiger partial charge in [-0.15, -0.1) is 0 Å². The zero-order valence-electron chi connectivity index (χ0n) is 19.3. The maximum absolute atomic E-state index is 13.2. The summed E-state index contributed by atoms with van der Waals surface area (Å²) in [5.74, 6) is 0.667. The number of para-hydroxylation sites is 1. The number of benzene rings is 2. The number of pyridine rings is 1. The van der Waals surface area contributed by atoms with Crippen LogP contribution in [0.5, 0.6) is 0 Å². The average molecular weight is 459 g/mol. The van der Waals surface area contributed by atoms with Crippen LogP contribution < -0.4 is 10.2 Å². The Morgan fingerprint density at radius 2 is 1.71 bits per heavy atom. The van der Waals surface area contributed by atoms with Crippen molar-refractivity contribution in [3.8, 4) is 0 Å². The number of ketones is 1. The largest absolute Gasteiger partial charge is 0.362 e. The molecule has 34 heavy (non-hydrogen) atoms. The van der Waals surface area contributed by atoms with Gasteiger partial charge in [-0.3, -0.25) is 14.5 Å². The quantitative estimate of drug-likeness (QED) is 0.530. The molecule has 0 radical (unpaired) electrons. The third-order valence-electron chi connectivity index (χ3n) is 5.93. The molecule has 4 rings (SSSR count). The van der Waals surface area contributed by atoms with E-state index in [4.69, 9.17) is 4.74 Å². The molecule has 2 unspecified atom stereocenters. The van der Waals surface area contributed by atoms with Gasteiger partial charge < -0.3 is 15.0 Å². The predicted molar refractivity (Wildman–Crippen MR) is 133 cm³/mol. The number of nitrogens with zero attached hydrogens (tertiary/aromatic N) is 3. The minimum atomic E-state index is -0.686. The number of anilines is 2. The Morgan fingerprint density at radius 1 is 1.00 bits per heavy atom. The zero-order valence-corrected chi connectivity index (χ0v) is 19.3. The highest BCUT2D eigenvalue weighted by atomic mass is 16.5. The van der Waals surface area contributed by atoms with Crippen LogP contribution >= 0.6 is 0 Å². The van der Waals surface area contributed by atoms with Crippen LogP contribution in [0.15, 0.2) is 85.1 Å². The van der Waals surface area contributed by atoms with Crippen LogP contribution in [0.25, 0.3) is 0 Å². The van der Waals surface area contributed by atoms with Crippen LogP contribution in [0.1, 0.15) is 12.5 Å². The molecule has 2 aromatic carbocycles. The van der Waals surface area contributed by atoms with Crippen LogP contribution in [-0.2, 0) is 20.9 Å². The SMILES string of the molecule is CC(=O)C1CN(CC(OCc2ccccc2)C(=O)Nc2ccccc2)CCN1c1ccccn1. The van der Waals surface area contributed by atoms with Crippen LogP contribution in [0.3, 0.4) is 0 Å². The number of piperazine rings is 1. The normalized spacial score (nSPS) is 17.2. The summed E-state index contributed by atoms with van der Waals surface area (Å²) in [7, 11) is 0. The second-order valence-electron chi connectivity index (χ2n) is 8.41. The Hall–Kier alpha value is -3.55. The maximum atomic E-state index is 13.2. The van der Waals surface area contributed by atoms with Gasteiger partial charge in [-0.25, -0.2) is 4.98 Å². The van der Waals surface area contributed by atoms with Gasteiger partial charge >= 0.3 is 0 Å². The number of ether oxygens (including phenoxy) is 1. The zero-order chi connectivity index (χ0) is 23.8. The van der Waals surface area contributed by atoms with Crippen molar-refractivity contribution < 1.29 is 14.3 Å².